The molecule has 6 nitrogen and oxygen atoms in total. The Labute approximate surface area is 179 Å². The Morgan fingerprint density at radius 3 is 2.41 bits per heavy atom. The summed E-state index contributed by atoms with van der Waals surface area (Å²) in [6.45, 7) is 4.54. The first-order chi connectivity index (χ1) is 15.8. The van der Waals surface area contributed by atoms with E-state index in [4.69, 9.17) is 26.4 Å². The van der Waals surface area contributed by atoms with Gasteiger partial charge in [0, 0.05) is 36.6 Å². The summed E-state index contributed by atoms with van der Waals surface area (Å²) in [5.41, 5.74) is -2.57. The molecule has 3 rings (SSSR count). The number of nitrogens with zero attached hydrogens (tertiary/aromatic N) is 2. The van der Waals surface area contributed by atoms with Crippen molar-refractivity contribution < 1.29 is 31.2 Å². The van der Waals surface area contributed by atoms with Gasteiger partial charge in [-0.05, 0) is 61.2 Å². The molecule has 2 saturated heterocycles. The third-order valence-electron chi connectivity index (χ3n) is 4.39. The molecule has 0 bridgehead atoms. The maximum absolute atomic E-state index is 12.9. The predicted molar refractivity (Wildman–Crippen MR) is 108 cm³/mol. The summed E-state index contributed by atoms with van der Waals surface area (Å²) in [4.78, 5) is 16.8. The Kier molecular flexibility index (Phi) is 3.07. The number of likely N-dealkylation sites (tertiary alicyclic amines) is 1. The van der Waals surface area contributed by atoms with E-state index in [0.717, 1.165) is 0 Å². The van der Waals surface area contributed by atoms with Crippen molar-refractivity contribution in [2.24, 2.45) is 0 Å². The van der Waals surface area contributed by atoms with Crippen molar-refractivity contribution in [3.05, 3.63) is 10.4 Å². The van der Waals surface area contributed by atoms with E-state index in [0.29, 0.717) is 11.3 Å². The lowest BCUT2D eigenvalue weighted by molar-refractivity contribution is 0.00578. The van der Waals surface area contributed by atoms with Gasteiger partial charge in [0.15, 0.2) is 0 Å². The van der Waals surface area contributed by atoms with Crippen LogP contribution < -0.4 is 5.59 Å². The van der Waals surface area contributed by atoms with Gasteiger partial charge < -0.3 is 18.9 Å². The van der Waals surface area contributed by atoms with E-state index in [-0.39, 0.29) is 10.5 Å². The van der Waals surface area contributed by atoms with Gasteiger partial charge in [0.2, 0.25) is 0 Å². The smallest absolute Gasteiger partial charge is 0.444 e. The Morgan fingerprint density at radius 1 is 1.33 bits per heavy atom. The van der Waals surface area contributed by atoms with Crippen molar-refractivity contribution in [3.8, 4) is 0 Å². The molecule has 2 aliphatic rings. The fourth-order valence-electron chi connectivity index (χ4n) is 2.26. The number of carbonyl (C=O) groups excluding carboxylic acids is 1. The molecular weight excluding hydrogens is 363 g/mol. The Bertz CT molecular complexity index is 1010. The van der Waals surface area contributed by atoms with Gasteiger partial charge in [-0.1, -0.05) is 0 Å². The van der Waals surface area contributed by atoms with Crippen LogP contribution in [-0.4, -0.2) is 52.9 Å². The molecule has 0 N–H and O–H groups in total. The molecule has 1 aromatic rings. The third-order valence-corrected chi connectivity index (χ3v) is 5.27. The van der Waals surface area contributed by atoms with Gasteiger partial charge in [0.25, 0.3) is 0 Å². The topological polar surface area (TPSA) is 60.9 Å². The summed E-state index contributed by atoms with van der Waals surface area (Å²) < 4.78 is 94.2. The highest BCUT2D eigenvalue weighted by Crippen LogP contribution is 2.37. The third kappa shape index (κ3) is 4.49. The number of rotatable bonds is 2. The average molecular weight is 403 g/mol. The molecule has 3 heterocycles. The van der Waals surface area contributed by atoms with Gasteiger partial charge in [0.1, 0.15) is 5.60 Å². The fraction of sp³-hybridized carbons (Fsp3) is 0.789. The normalized spacial score (nSPS) is 36.5. The van der Waals surface area contributed by atoms with Crippen molar-refractivity contribution in [1.29, 1.82) is 0 Å². The summed E-state index contributed by atoms with van der Waals surface area (Å²) >= 11 is 0.661. The Hall–Kier alpha value is -1.12. The summed E-state index contributed by atoms with van der Waals surface area (Å²) in [5.74, 6) is -3.22. The molecule has 1 amide bonds. The Morgan fingerprint density at radius 2 is 1.89 bits per heavy atom. The van der Waals surface area contributed by atoms with Crippen LogP contribution in [0, 0.1) is 0 Å². The molecule has 2 aliphatic heterocycles. The molecule has 0 spiro atoms. The summed E-state index contributed by atoms with van der Waals surface area (Å²) in [6, 6.07) is 0. The zero-order valence-corrected chi connectivity index (χ0v) is 17.4. The lowest BCUT2D eigenvalue weighted by Gasteiger charge is -2.32. The number of hydrogen-bond donors (Lipinski definition) is 0. The van der Waals surface area contributed by atoms with Crippen molar-refractivity contribution >= 4 is 30.1 Å². The van der Waals surface area contributed by atoms with E-state index in [9.17, 15) is 4.79 Å². The van der Waals surface area contributed by atoms with E-state index in [1.54, 1.807) is 27.7 Å². The van der Waals surface area contributed by atoms with Gasteiger partial charge in [-0.3, -0.25) is 0 Å². The highest BCUT2D eigenvalue weighted by molar-refractivity contribution is 7.10. The van der Waals surface area contributed by atoms with Gasteiger partial charge in [-0.15, -0.1) is 11.3 Å². The van der Waals surface area contributed by atoms with Crippen LogP contribution in [0.2, 0.25) is 0 Å². The van der Waals surface area contributed by atoms with E-state index in [2.05, 4.69) is 4.98 Å². The van der Waals surface area contributed by atoms with E-state index < -0.39 is 66.7 Å². The molecule has 27 heavy (non-hydrogen) atoms. The van der Waals surface area contributed by atoms with Crippen LogP contribution in [0.5, 0.6) is 0 Å². The van der Waals surface area contributed by atoms with Crippen LogP contribution in [0.4, 0.5) is 4.79 Å². The summed E-state index contributed by atoms with van der Waals surface area (Å²) in [6.07, 6.45) is -8.57. The largest absolute Gasteiger partial charge is 0.515 e. The second kappa shape index (κ2) is 7.05. The maximum Gasteiger partial charge on any atom is 0.515 e. The summed E-state index contributed by atoms with van der Waals surface area (Å²) in [5, 5.41) is 0.851. The first kappa shape index (κ1) is 11.8. The number of piperidine rings is 1. The van der Waals surface area contributed by atoms with Crippen LogP contribution in [0.15, 0.2) is 5.38 Å². The van der Waals surface area contributed by atoms with Crippen molar-refractivity contribution in [2.45, 2.75) is 83.9 Å². The number of ether oxygens (including phenoxy) is 1. The highest BCUT2D eigenvalue weighted by atomic mass is 32.1. The zero-order chi connectivity index (χ0) is 28.1. The Balaban J connectivity index is 2.14. The van der Waals surface area contributed by atoms with Gasteiger partial charge in [-0.25, -0.2) is 9.78 Å². The van der Waals surface area contributed by atoms with E-state index in [1.807, 2.05) is 0 Å². The number of amides is 1. The number of thiazole rings is 1. The minimum atomic E-state index is -3.51. The second-order valence-electron chi connectivity index (χ2n) is 8.33. The molecule has 0 atom stereocenters. The molecule has 0 unspecified atom stereocenters. The zero-order valence-electron chi connectivity index (χ0n) is 25.6. The van der Waals surface area contributed by atoms with Crippen LogP contribution >= 0.6 is 11.3 Å². The SMILES string of the molecule is [2H]C1([2H])N(C(=O)OC(C)(C)C)C([2H])([2H])C([2H])([2H])C([2H])(c2nc(B3OC(C)(C)C(C)(C)O3)cs2)C1([2H])[2H]. The minimum Gasteiger partial charge on any atom is -0.444 e. The standard InChI is InChI=1S/C19H31BN2O4S/c1-17(2,3)24-16(23)22-10-8-13(9-11-22)15-21-14(12-27-15)20-25-18(4,5)19(6,7)26-20/h12-13H,8-11H2,1-7H3/i8D2,9D2,10D2,11D2,13D. The van der Waals surface area contributed by atoms with Crippen molar-refractivity contribution in [1.82, 2.24) is 9.88 Å². The fourth-order valence-corrected chi connectivity index (χ4v) is 3.04. The van der Waals surface area contributed by atoms with Crippen LogP contribution in [0.25, 0.3) is 0 Å². The molecule has 0 saturated carbocycles. The first-order valence-electron chi connectivity index (χ1n) is 13.1. The van der Waals surface area contributed by atoms with Crippen LogP contribution in [-0.2, 0) is 14.0 Å². The van der Waals surface area contributed by atoms with Crippen molar-refractivity contribution in [2.75, 3.05) is 13.0 Å². The quantitative estimate of drug-likeness (QED) is 0.707. The molecule has 8 heteroatoms. The average Bonchev–Trinajstić information content (AvgIpc) is 3.20. The molecule has 1 aromatic heterocycles. The van der Waals surface area contributed by atoms with Crippen LogP contribution in [0.1, 0.15) is 84.5 Å². The lowest BCUT2D eigenvalue weighted by Crippen LogP contribution is -2.41. The number of hydrogen-bond acceptors (Lipinski definition) is 6. The lowest BCUT2D eigenvalue weighted by atomic mass is 9.86. The predicted octanol–water partition coefficient (Wildman–Crippen LogP) is 3.56. The number of aromatic nitrogens is 1. The molecule has 0 aliphatic carbocycles. The molecule has 0 radical (unpaired) electrons. The second-order valence-corrected chi connectivity index (χ2v) is 9.19. The minimum absolute atomic E-state index is 0.113. The molecular formula is C19H31BN2O4S. The molecule has 0 aromatic carbocycles. The van der Waals surface area contributed by atoms with Crippen molar-refractivity contribution in [3.63, 3.8) is 0 Å². The highest BCUT2D eigenvalue weighted by Gasteiger charge is 2.52. The first-order valence-corrected chi connectivity index (χ1v) is 9.51. The van der Waals surface area contributed by atoms with Gasteiger partial charge in [0.05, 0.1) is 21.8 Å². The summed E-state index contributed by atoms with van der Waals surface area (Å²) in [7, 11) is -1.02. The van der Waals surface area contributed by atoms with Crippen LogP contribution in [0.3, 0.4) is 0 Å². The molecule has 2 fully saturated rings. The van der Waals surface area contributed by atoms with Gasteiger partial charge >= 0.3 is 13.2 Å². The maximum atomic E-state index is 12.9. The number of carbonyl (C=O) groups is 1. The monoisotopic (exact) mass is 403 g/mol. The van der Waals surface area contributed by atoms with E-state index in [1.165, 1.54) is 26.2 Å². The van der Waals surface area contributed by atoms with E-state index >= 15 is 0 Å². The van der Waals surface area contributed by atoms with Gasteiger partial charge in [-0.2, -0.15) is 0 Å². The molecule has 150 valence electrons.